The maximum Gasteiger partial charge on any atom is 0.123 e. The van der Waals surface area contributed by atoms with Crippen molar-refractivity contribution < 1.29 is 4.74 Å². The lowest BCUT2D eigenvalue weighted by atomic mass is 10.1. The predicted octanol–water partition coefficient (Wildman–Crippen LogP) is 3.50. The Morgan fingerprint density at radius 1 is 1.50 bits per heavy atom. The van der Waals surface area contributed by atoms with E-state index in [-0.39, 0.29) is 0 Å². The molecule has 0 amide bonds. The van der Waals surface area contributed by atoms with E-state index in [0.717, 1.165) is 21.3 Å². The maximum absolute atomic E-state index is 5.79. The Labute approximate surface area is 85.8 Å². The monoisotopic (exact) mass is 248 g/mol. The van der Waals surface area contributed by atoms with Gasteiger partial charge >= 0.3 is 0 Å². The van der Waals surface area contributed by atoms with Crippen LogP contribution in [0.3, 0.4) is 0 Å². The SMILES string of the molecule is COc1ccc(Br)c(C)c1CCl. The highest BCUT2D eigenvalue weighted by molar-refractivity contribution is 9.10. The Balaban J connectivity index is 3.25. The second-order valence-corrected chi connectivity index (χ2v) is 3.61. The largest absolute Gasteiger partial charge is 0.496 e. The van der Waals surface area contributed by atoms with Crippen molar-refractivity contribution in [3.05, 3.63) is 27.7 Å². The van der Waals surface area contributed by atoms with Crippen molar-refractivity contribution in [2.24, 2.45) is 0 Å². The topological polar surface area (TPSA) is 9.23 Å². The third-order valence-electron chi connectivity index (χ3n) is 1.84. The first-order valence-electron chi connectivity index (χ1n) is 3.58. The molecule has 0 saturated heterocycles. The normalized spacial score (nSPS) is 10.0. The van der Waals surface area contributed by atoms with Gasteiger partial charge in [-0.25, -0.2) is 0 Å². The molecule has 0 unspecified atom stereocenters. The van der Waals surface area contributed by atoms with Crippen LogP contribution in [0, 0.1) is 6.92 Å². The molecule has 3 heteroatoms. The minimum absolute atomic E-state index is 0.481. The van der Waals surface area contributed by atoms with Gasteiger partial charge in [0.2, 0.25) is 0 Å². The average Bonchev–Trinajstić information content (AvgIpc) is 2.09. The Bertz CT molecular complexity index is 286. The van der Waals surface area contributed by atoms with Crippen LogP contribution in [0.4, 0.5) is 0 Å². The Kier molecular flexibility index (Phi) is 3.41. The number of methoxy groups -OCH3 is 1. The van der Waals surface area contributed by atoms with Crippen molar-refractivity contribution in [1.29, 1.82) is 0 Å². The van der Waals surface area contributed by atoms with Crippen LogP contribution in [-0.2, 0) is 5.88 Å². The summed E-state index contributed by atoms with van der Waals surface area (Å²) in [6, 6.07) is 3.87. The second kappa shape index (κ2) is 4.15. The van der Waals surface area contributed by atoms with Gasteiger partial charge in [-0.2, -0.15) is 0 Å². The molecule has 0 heterocycles. The molecule has 0 atom stereocenters. The van der Waals surface area contributed by atoms with E-state index < -0.39 is 0 Å². The van der Waals surface area contributed by atoms with Gasteiger partial charge in [0.25, 0.3) is 0 Å². The van der Waals surface area contributed by atoms with Gasteiger partial charge in [0, 0.05) is 10.0 Å². The fraction of sp³-hybridized carbons (Fsp3) is 0.333. The number of halogens is 2. The highest BCUT2D eigenvalue weighted by Crippen LogP contribution is 2.29. The standard InChI is InChI=1S/C9H10BrClO/c1-6-7(5-11)9(12-2)4-3-8(6)10/h3-4H,5H2,1-2H3. The van der Waals surface area contributed by atoms with Gasteiger partial charge in [0.05, 0.1) is 13.0 Å². The van der Waals surface area contributed by atoms with Crippen molar-refractivity contribution in [2.45, 2.75) is 12.8 Å². The first-order chi connectivity index (χ1) is 5.70. The molecule has 0 aliphatic carbocycles. The molecule has 0 aliphatic rings. The number of hydrogen-bond donors (Lipinski definition) is 0. The van der Waals surface area contributed by atoms with Crippen molar-refractivity contribution in [1.82, 2.24) is 0 Å². The second-order valence-electron chi connectivity index (χ2n) is 2.49. The fourth-order valence-electron chi connectivity index (χ4n) is 1.06. The minimum atomic E-state index is 0.481. The third-order valence-corrected chi connectivity index (χ3v) is 2.97. The van der Waals surface area contributed by atoms with E-state index in [1.165, 1.54) is 0 Å². The molecule has 66 valence electrons. The summed E-state index contributed by atoms with van der Waals surface area (Å²) < 4.78 is 6.24. The molecule has 0 fully saturated rings. The first-order valence-corrected chi connectivity index (χ1v) is 4.91. The fourth-order valence-corrected chi connectivity index (χ4v) is 1.76. The highest BCUT2D eigenvalue weighted by atomic mass is 79.9. The van der Waals surface area contributed by atoms with Gasteiger partial charge in [-0.05, 0) is 24.6 Å². The van der Waals surface area contributed by atoms with Crippen molar-refractivity contribution in [3.63, 3.8) is 0 Å². The van der Waals surface area contributed by atoms with Gasteiger partial charge < -0.3 is 4.74 Å². The van der Waals surface area contributed by atoms with Crippen molar-refractivity contribution >= 4 is 27.5 Å². The maximum atomic E-state index is 5.79. The predicted molar refractivity (Wildman–Crippen MR) is 55.0 cm³/mol. The van der Waals surface area contributed by atoms with Crippen LogP contribution in [0.2, 0.25) is 0 Å². The zero-order chi connectivity index (χ0) is 9.14. The van der Waals surface area contributed by atoms with Crippen LogP contribution in [0.1, 0.15) is 11.1 Å². The molecule has 1 rings (SSSR count). The van der Waals surface area contributed by atoms with Gasteiger partial charge in [-0.3, -0.25) is 0 Å². The summed E-state index contributed by atoms with van der Waals surface area (Å²) in [4.78, 5) is 0. The summed E-state index contributed by atoms with van der Waals surface area (Å²) >= 11 is 9.22. The van der Waals surface area contributed by atoms with Gasteiger partial charge in [-0.15, -0.1) is 11.6 Å². The summed E-state index contributed by atoms with van der Waals surface area (Å²) in [5.74, 6) is 1.33. The van der Waals surface area contributed by atoms with Gasteiger partial charge in [-0.1, -0.05) is 15.9 Å². The number of ether oxygens (including phenoxy) is 1. The van der Waals surface area contributed by atoms with E-state index in [1.54, 1.807) is 7.11 Å². The zero-order valence-corrected chi connectivity index (χ0v) is 9.37. The van der Waals surface area contributed by atoms with Crippen LogP contribution in [0.5, 0.6) is 5.75 Å². The first kappa shape index (κ1) is 9.87. The molecular formula is C9H10BrClO. The summed E-state index contributed by atoms with van der Waals surface area (Å²) in [6.07, 6.45) is 0. The summed E-state index contributed by atoms with van der Waals surface area (Å²) in [7, 11) is 1.65. The molecular weight excluding hydrogens is 239 g/mol. The van der Waals surface area contributed by atoms with E-state index in [1.807, 2.05) is 19.1 Å². The van der Waals surface area contributed by atoms with E-state index >= 15 is 0 Å². The molecule has 0 bridgehead atoms. The van der Waals surface area contributed by atoms with Crippen LogP contribution < -0.4 is 4.74 Å². The Hall–Kier alpha value is -0.210. The lowest BCUT2D eigenvalue weighted by molar-refractivity contribution is 0.410. The highest BCUT2D eigenvalue weighted by Gasteiger charge is 2.07. The van der Waals surface area contributed by atoms with Crippen molar-refractivity contribution in [3.8, 4) is 5.75 Å². The summed E-state index contributed by atoms with van der Waals surface area (Å²) in [6.45, 7) is 2.02. The molecule has 0 saturated carbocycles. The minimum Gasteiger partial charge on any atom is -0.496 e. The number of benzene rings is 1. The third kappa shape index (κ3) is 1.75. The number of alkyl halides is 1. The molecule has 0 N–H and O–H groups in total. The van der Waals surface area contributed by atoms with E-state index in [0.29, 0.717) is 5.88 Å². The Morgan fingerprint density at radius 2 is 2.17 bits per heavy atom. The van der Waals surface area contributed by atoms with Gasteiger partial charge in [0.15, 0.2) is 0 Å². The summed E-state index contributed by atoms with van der Waals surface area (Å²) in [5.41, 5.74) is 2.19. The molecule has 1 aromatic rings. The molecule has 0 radical (unpaired) electrons. The number of rotatable bonds is 2. The molecule has 1 nitrogen and oxygen atoms in total. The molecule has 0 aromatic heterocycles. The molecule has 0 aliphatic heterocycles. The quantitative estimate of drug-likeness (QED) is 0.729. The van der Waals surface area contributed by atoms with Crippen LogP contribution in [-0.4, -0.2) is 7.11 Å². The van der Waals surface area contributed by atoms with Gasteiger partial charge in [0.1, 0.15) is 5.75 Å². The van der Waals surface area contributed by atoms with E-state index in [4.69, 9.17) is 16.3 Å². The van der Waals surface area contributed by atoms with Crippen molar-refractivity contribution in [2.75, 3.05) is 7.11 Å². The molecule has 12 heavy (non-hydrogen) atoms. The molecule has 0 spiro atoms. The van der Waals surface area contributed by atoms with Crippen LogP contribution in [0.25, 0.3) is 0 Å². The molecule has 1 aromatic carbocycles. The average molecular weight is 250 g/mol. The lowest BCUT2D eigenvalue weighted by Gasteiger charge is -2.09. The van der Waals surface area contributed by atoms with Crippen LogP contribution in [0.15, 0.2) is 16.6 Å². The smallest absolute Gasteiger partial charge is 0.123 e. The summed E-state index contributed by atoms with van der Waals surface area (Å²) in [5, 5.41) is 0. The van der Waals surface area contributed by atoms with E-state index in [2.05, 4.69) is 15.9 Å². The Morgan fingerprint density at radius 3 is 2.67 bits per heavy atom. The number of hydrogen-bond acceptors (Lipinski definition) is 1. The lowest BCUT2D eigenvalue weighted by Crippen LogP contribution is -1.93. The zero-order valence-electron chi connectivity index (χ0n) is 7.03. The van der Waals surface area contributed by atoms with E-state index in [9.17, 15) is 0 Å². The van der Waals surface area contributed by atoms with Crippen LogP contribution >= 0.6 is 27.5 Å².